The van der Waals surface area contributed by atoms with E-state index in [-0.39, 0.29) is 6.04 Å². The van der Waals surface area contributed by atoms with Crippen molar-refractivity contribution in [2.24, 2.45) is 0 Å². The second kappa shape index (κ2) is 4.45. The molecule has 80 valence electrons. The van der Waals surface area contributed by atoms with Crippen molar-refractivity contribution in [1.82, 2.24) is 4.90 Å². The summed E-state index contributed by atoms with van der Waals surface area (Å²) in [6.45, 7) is 0.875. The number of hydrogen-bond acceptors (Lipinski definition) is 2. The number of ketones is 1. The van der Waals surface area contributed by atoms with Crippen LogP contribution in [0.5, 0.6) is 0 Å². The van der Waals surface area contributed by atoms with E-state index in [0.29, 0.717) is 18.6 Å². The molecule has 1 fully saturated rings. The lowest BCUT2D eigenvalue weighted by Crippen LogP contribution is -2.33. The fourth-order valence-corrected chi connectivity index (χ4v) is 2.25. The predicted molar refractivity (Wildman–Crippen MR) is 63.8 cm³/mol. The summed E-state index contributed by atoms with van der Waals surface area (Å²) in [6.07, 6.45) is 1.35. The molecule has 0 aliphatic carbocycles. The maximum absolute atomic E-state index is 11.4. The number of nitrogens with zero attached hydrogens (tertiary/aromatic N) is 1. The SMILES string of the molecule is CN1CCC(=O)CC1c1ccc(Br)cc1. The van der Waals surface area contributed by atoms with Gasteiger partial charge in [-0.05, 0) is 24.7 Å². The molecule has 1 aliphatic heterocycles. The first-order valence-electron chi connectivity index (χ1n) is 5.14. The number of halogens is 1. The van der Waals surface area contributed by atoms with Crippen LogP contribution in [0.3, 0.4) is 0 Å². The Morgan fingerprint density at radius 1 is 1.33 bits per heavy atom. The van der Waals surface area contributed by atoms with Crippen molar-refractivity contribution in [3.63, 3.8) is 0 Å². The number of piperidine rings is 1. The predicted octanol–water partition coefficient (Wildman–Crippen LogP) is 2.78. The average Bonchev–Trinajstić information content (AvgIpc) is 2.23. The van der Waals surface area contributed by atoms with Crippen molar-refractivity contribution < 1.29 is 4.79 Å². The van der Waals surface area contributed by atoms with Crippen LogP contribution >= 0.6 is 15.9 Å². The van der Waals surface area contributed by atoms with Crippen molar-refractivity contribution in [3.8, 4) is 0 Å². The Morgan fingerprint density at radius 3 is 2.67 bits per heavy atom. The number of hydrogen-bond donors (Lipinski definition) is 0. The Labute approximate surface area is 98.4 Å². The van der Waals surface area contributed by atoms with Crippen molar-refractivity contribution in [2.45, 2.75) is 18.9 Å². The summed E-state index contributed by atoms with van der Waals surface area (Å²) in [6, 6.07) is 8.50. The van der Waals surface area contributed by atoms with Gasteiger partial charge in [0.1, 0.15) is 5.78 Å². The van der Waals surface area contributed by atoms with Crippen LogP contribution in [0.4, 0.5) is 0 Å². The molecule has 1 saturated heterocycles. The molecule has 1 aromatic carbocycles. The third kappa shape index (κ3) is 2.47. The standard InChI is InChI=1S/C12H14BrNO/c1-14-7-6-11(15)8-12(14)9-2-4-10(13)5-3-9/h2-5,12H,6-8H2,1H3. The number of rotatable bonds is 1. The van der Waals surface area contributed by atoms with Gasteiger partial charge in [-0.15, -0.1) is 0 Å². The smallest absolute Gasteiger partial charge is 0.136 e. The highest BCUT2D eigenvalue weighted by Gasteiger charge is 2.25. The molecule has 0 spiro atoms. The highest BCUT2D eigenvalue weighted by Crippen LogP contribution is 2.28. The Hall–Kier alpha value is -0.670. The van der Waals surface area contributed by atoms with E-state index < -0.39 is 0 Å². The summed E-state index contributed by atoms with van der Waals surface area (Å²) >= 11 is 3.42. The lowest BCUT2D eigenvalue weighted by molar-refractivity contribution is -0.122. The summed E-state index contributed by atoms with van der Waals surface area (Å²) in [5.74, 6) is 0.376. The van der Waals surface area contributed by atoms with Gasteiger partial charge in [-0.2, -0.15) is 0 Å². The van der Waals surface area contributed by atoms with Crippen LogP contribution in [0.25, 0.3) is 0 Å². The first-order valence-corrected chi connectivity index (χ1v) is 5.93. The van der Waals surface area contributed by atoms with Gasteiger partial charge in [0.15, 0.2) is 0 Å². The molecular weight excluding hydrogens is 254 g/mol. The molecular formula is C12H14BrNO. The second-order valence-corrected chi connectivity index (χ2v) is 4.96. The number of likely N-dealkylation sites (tertiary alicyclic amines) is 1. The number of Topliss-reactive ketones (excluding diaryl/α,β-unsaturated/α-hetero) is 1. The first kappa shape index (κ1) is 10.8. The van der Waals surface area contributed by atoms with Crippen molar-refractivity contribution in [1.29, 1.82) is 0 Å². The summed E-state index contributed by atoms with van der Waals surface area (Å²) in [5, 5.41) is 0. The van der Waals surface area contributed by atoms with Crippen LogP contribution in [-0.4, -0.2) is 24.3 Å². The lowest BCUT2D eigenvalue weighted by atomic mass is 9.95. The van der Waals surface area contributed by atoms with E-state index in [1.165, 1.54) is 5.56 Å². The maximum Gasteiger partial charge on any atom is 0.136 e. The Bertz CT molecular complexity index is 360. The summed E-state index contributed by atoms with van der Waals surface area (Å²) < 4.78 is 1.08. The monoisotopic (exact) mass is 267 g/mol. The molecule has 2 rings (SSSR count). The van der Waals surface area contributed by atoms with Crippen molar-refractivity contribution in [2.75, 3.05) is 13.6 Å². The molecule has 0 N–H and O–H groups in total. The number of carbonyl (C=O) groups is 1. The zero-order chi connectivity index (χ0) is 10.8. The molecule has 0 bridgehead atoms. The molecule has 3 heteroatoms. The van der Waals surface area contributed by atoms with Gasteiger partial charge in [0.05, 0.1) is 0 Å². The summed E-state index contributed by atoms with van der Waals surface area (Å²) in [7, 11) is 2.08. The van der Waals surface area contributed by atoms with Crippen molar-refractivity contribution >= 4 is 21.7 Å². The zero-order valence-corrected chi connectivity index (χ0v) is 10.3. The third-order valence-electron chi connectivity index (χ3n) is 2.95. The highest BCUT2D eigenvalue weighted by atomic mass is 79.9. The average molecular weight is 268 g/mol. The number of benzene rings is 1. The molecule has 1 unspecified atom stereocenters. The molecule has 0 radical (unpaired) electrons. The van der Waals surface area contributed by atoms with Gasteiger partial charge in [0.2, 0.25) is 0 Å². The molecule has 1 heterocycles. The van der Waals surface area contributed by atoms with Gasteiger partial charge in [0.25, 0.3) is 0 Å². The van der Waals surface area contributed by atoms with E-state index in [0.717, 1.165) is 11.0 Å². The normalized spacial score (nSPS) is 23.1. The van der Waals surface area contributed by atoms with E-state index >= 15 is 0 Å². The Kier molecular flexibility index (Phi) is 3.22. The Balaban J connectivity index is 2.21. The molecule has 1 aromatic rings. The maximum atomic E-state index is 11.4. The van der Waals surface area contributed by atoms with Gasteiger partial charge in [0, 0.05) is 29.9 Å². The van der Waals surface area contributed by atoms with Gasteiger partial charge < -0.3 is 0 Å². The molecule has 1 aliphatic rings. The quantitative estimate of drug-likeness (QED) is 0.780. The van der Waals surface area contributed by atoms with Crippen LogP contribution in [0.1, 0.15) is 24.4 Å². The topological polar surface area (TPSA) is 20.3 Å². The van der Waals surface area contributed by atoms with Crippen LogP contribution in [0.2, 0.25) is 0 Å². The van der Waals surface area contributed by atoms with Crippen LogP contribution in [-0.2, 0) is 4.79 Å². The van der Waals surface area contributed by atoms with E-state index in [4.69, 9.17) is 0 Å². The van der Waals surface area contributed by atoms with E-state index in [1.54, 1.807) is 0 Å². The van der Waals surface area contributed by atoms with Crippen LogP contribution < -0.4 is 0 Å². The highest BCUT2D eigenvalue weighted by molar-refractivity contribution is 9.10. The second-order valence-electron chi connectivity index (χ2n) is 4.04. The van der Waals surface area contributed by atoms with Gasteiger partial charge >= 0.3 is 0 Å². The van der Waals surface area contributed by atoms with E-state index in [2.05, 4.69) is 40.0 Å². The largest absolute Gasteiger partial charge is 0.300 e. The van der Waals surface area contributed by atoms with Gasteiger partial charge in [-0.25, -0.2) is 0 Å². The third-order valence-corrected chi connectivity index (χ3v) is 3.48. The molecule has 0 aromatic heterocycles. The zero-order valence-electron chi connectivity index (χ0n) is 8.74. The lowest BCUT2D eigenvalue weighted by Gasteiger charge is -2.31. The van der Waals surface area contributed by atoms with Gasteiger partial charge in [-0.3, -0.25) is 9.69 Å². The van der Waals surface area contributed by atoms with Crippen molar-refractivity contribution in [3.05, 3.63) is 34.3 Å². The summed E-state index contributed by atoms with van der Waals surface area (Å²) in [4.78, 5) is 13.7. The number of carbonyl (C=O) groups excluding carboxylic acids is 1. The molecule has 0 amide bonds. The van der Waals surface area contributed by atoms with E-state index in [9.17, 15) is 4.79 Å². The molecule has 0 saturated carbocycles. The molecule has 1 atom stereocenters. The minimum atomic E-state index is 0.263. The van der Waals surface area contributed by atoms with E-state index in [1.807, 2.05) is 12.1 Å². The minimum Gasteiger partial charge on any atom is -0.300 e. The van der Waals surface area contributed by atoms with Crippen LogP contribution in [0, 0.1) is 0 Å². The molecule has 2 nitrogen and oxygen atoms in total. The fourth-order valence-electron chi connectivity index (χ4n) is 1.99. The molecule has 15 heavy (non-hydrogen) atoms. The summed E-state index contributed by atoms with van der Waals surface area (Å²) in [5.41, 5.74) is 1.23. The first-order chi connectivity index (χ1) is 7.16. The fraction of sp³-hybridized carbons (Fsp3) is 0.417. The van der Waals surface area contributed by atoms with Crippen LogP contribution in [0.15, 0.2) is 28.7 Å². The van der Waals surface area contributed by atoms with Gasteiger partial charge in [-0.1, -0.05) is 28.1 Å². The Morgan fingerprint density at radius 2 is 2.00 bits per heavy atom. The minimum absolute atomic E-state index is 0.263.